The maximum Gasteiger partial charge on any atom is 0.197 e. The highest BCUT2D eigenvalue weighted by atomic mass is 16.1. The molecule has 96 valence electrons. The van der Waals surface area contributed by atoms with E-state index in [1.54, 1.807) is 0 Å². The maximum atomic E-state index is 12.5. The van der Waals surface area contributed by atoms with Gasteiger partial charge < -0.3 is 4.98 Å². The lowest BCUT2D eigenvalue weighted by Gasteiger charge is -2.07. The van der Waals surface area contributed by atoms with Crippen LogP contribution in [0.3, 0.4) is 0 Å². The first kappa shape index (κ1) is 12.0. The summed E-state index contributed by atoms with van der Waals surface area (Å²) >= 11 is 0. The SMILES string of the molecule is CC(C)Cc1ccc2[nH]c3ccccc3c(=O)c2c1. The molecule has 0 bridgehead atoms. The van der Waals surface area contributed by atoms with Gasteiger partial charge in [0.25, 0.3) is 0 Å². The van der Waals surface area contributed by atoms with Crippen molar-refractivity contribution in [2.45, 2.75) is 20.3 Å². The summed E-state index contributed by atoms with van der Waals surface area (Å²) in [6.45, 7) is 4.38. The Morgan fingerprint density at radius 2 is 1.74 bits per heavy atom. The van der Waals surface area contributed by atoms with Crippen molar-refractivity contribution in [3.05, 3.63) is 58.3 Å². The van der Waals surface area contributed by atoms with E-state index in [4.69, 9.17) is 0 Å². The van der Waals surface area contributed by atoms with Crippen molar-refractivity contribution < 1.29 is 0 Å². The van der Waals surface area contributed by atoms with Crippen molar-refractivity contribution in [2.24, 2.45) is 5.92 Å². The predicted molar refractivity (Wildman–Crippen MR) is 80.6 cm³/mol. The fourth-order valence-corrected chi connectivity index (χ4v) is 2.57. The van der Waals surface area contributed by atoms with Crippen molar-refractivity contribution >= 4 is 21.8 Å². The number of hydrogen-bond acceptors (Lipinski definition) is 1. The van der Waals surface area contributed by atoms with Crippen molar-refractivity contribution in [2.75, 3.05) is 0 Å². The van der Waals surface area contributed by atoms with Crippen molar-refractivity contribution in [1.29, 1.82) is 0 Å². The first-order valence-electron chi connectivity index (χ1n) is 6.69. The standard InChI is InChI=1S/C17H17NO/c1-11(2)9-12-7-8-16-14(10-12)17(19)13-5-3-4-6-15(13)18-16/h3-8,10-11H,9H2,1-2H3,(H,18,19). The van der Waals surface area contributed by atoms with Crippen LogP contribution >= 0.6 is 0 Å². The lowest BCUT2D eigenvalue weighted by Crippen LogP contribution is -2.05. The number of fused-ring (bicyclic) bond motifs is 2. The van der Waals surface area contributed by atoms with Gasteiger partial charge >= 0.3 is 0 Å². The number of pyridine rings is 1. The van der Waals surface area contributed by atoms with Crippen LogP contribution in [0.4, 0.5) is 0 Å². The Morgan fingerprint density at radius 3 is 2.53 bits per heavy atom. The van der Waals surface area contributed by atoms with E-state index in [-0.39, 0.29) is 5.43 Å². The van der Waals surface area contributed by atoms with E-state index < -0.39 is 0 Å². The molecule has 1 N–H and O–H groups in total. The maximum absolute atomic E-state index is 12.5. The molecular formula is C17H17NO. The second kappa shape index (κ2) is 4.54. The summed E-state index contributed by atoms with van der Waals surface area (Å²) in [7, 11) is 0. The van der Waals surface area contributed by atoms with Crippen LogP contribution in [0.25, 0.3) is 21.8 Å². The average molecular weight is 251 g/mol. The Morgan fingerprint density at radius 1 is 1.00 bits per heavy atom. The van der Waals surface area contributed by atoms with Crippen molar-refractivity contribution in [3.63, 3.8) is 0 Å². The minimum atomic E-state index is 0.120. The van der Waals surface area contributed by atoms with Crippen LogP contribution in [0.2, 0.25) is 0 Å². The number of para-hydroxylation sites is 1. The van der Waals surface area contributed by atoms with Gasteiger partial charge in [0.1, 0.15) is 0 Å². The molecule has 0 atom stereocenters. The van der Waals surface area contributed by atoms with Crippen LogP contribution < -0.4 is 5.43 Å². The molecule has 0 saturated carbocycles. The van der Waals surface area contributed by atoms with Crippen LogP contribution in [-0.2, 0) is 6.42 Å². The third-order valence-corrected chi connectivity index (χ3v) is 3.41. The Labute approximate surface area is 112 Å². The highest BCUT2D eigenvalue weighted by Gasteiger charge is 2.06. The zero-order valence-corrected chi connectivity index (χ0v) is 11.2. The average Bonchev–Trinajstić information content (AvgIpc) is 2.39. The normalized spacial score (nSPS) is 11.5. The molecule has 19 heavy (non-hydrogen) atoms. The quantitative estimate of drug-likeness (QED) is 0.689. The Hall–Kier alpha value is -2.09. The molecule has 0 amide bonds. The highest BCUT2D eigenvalue weighted by Crippen LogP contribution is 2.17. The Bertz CT molecular complexity index is 799. The van der Waals surface area contributed by atoms with E-state index in [2.05, 4.69) is 24.9 Å². The van der Waals surface area contributed by atoms with Gasteiger partial charge in [0.2, 0.25) is 0 Å². The molecule has 3 rings (SSSR count). The van der Waals surface area contributed by atoms with E-state index in [0.29, 0.717) is 5.92 Å². The number of benzene rings is 2. The summed E-state index contributed by atoms with van der Waals surface area (Å²) in [6.07, 6.45) is 1.00. The number of aromatic nitrogens is 1. The first-order chi connectivity index (χ1) is 9.15. The largest absolute Gasteiger partial charge is 0.354 e. The van der Waals surface area contributed by atoms with Gasteiger partial charge in [-0.1, -0.05) is 32.0 Å². The zero-order valence-electron chi connectivity index (χ0n) is 11.2. The number of rotatable bonds is 2. The van der Waals surface area contributed by atoms with Crippen LogP contribution in [0.5, 0.6) is 0 Å². The molecule has 0 radical (unpaired) electrons. The summed E-state index contributed by atoms with van der Waals surface area (Å²) in [6, 6.07) is 13.8. The molecule has 0 aliphatic carbocycles. The molecule has 0 unspecified atom stereocenters. The number of aromatic amines is 1. The van der Waals surface area contributed by atoms with Gasteiger partial charge in [-0.15, -0.1) is 0 Å². The third-order valence-electron chi connectivity index (χ3n) is 3.41. The fraction of sp³-hybridized carbons (Fsp3) is 0.235. The summed E-state index contributed by atoms with van der Waals surface area (Å²) in [5, 5.41) is 1.55. The van der Waals surface area contributed by atoms with Gasteiger partial charge in [-0.05, 0) is 42.2 Å². The molecule has 0 aliphatic heterocycles. The Kier molecular flexibility index (Phi) is 2.86. The fourth-order valence-electron chi connectivity index (χ4n) is 2.57. The molecule has 0 spiro atoms. The molecule has 1 heterocycles. The zero-order chi connectivity index (χ0) is 13.4. The molecule has 0 fully saturated rings. The van der Waals surface area contributed by atoms with Crippen LogP contribution in [0.1, 0.15) is 19.4 Å². The van der Waals surface area contributed by atoms with Gasteiger partial charge in [-0.2, -0.15) is 0 Å². The summed E-state index contributed by atoms with van der Waals surface area (Å²) in [4.78, 5) is 15.8. The van der Waals surface area contributed by atoms with Crippen molar-refractivity contribution in [1.82, 2.24) is 4.98 Å². The summed E-state index contributed by atoms with van der Waals surface area (Å²) in [5.41, 5.74) is 3.16. The van der Waals surface area contributed by atoms with Gasteiger partial charge in [-0.25, -0.2) is 0 Å². The molecular weight excluding hydrogens is 234 g/mol. The molecule has 2 aromatic carbocycles. The van der Waals surface area contributed by atoms with Crippen LogP contribution in [0, 0.1) is 5.92 Å². The molecule has 2 nitrogen and oxygen atoms in total. The summed E-state index contributed by atoms with van der Waals surface area (Å²) < 4.78 is 0. The summed E-state index contributed by atoms with van der Waals surface area (Å²) in [5.74, 6) is 0.594. The van der Waals surface area contributed by atoms with Crippen LogP contribution in [0.15, 0.2) is 47.3 Å². The third kappa shape index (κ3) is 2.14. The smallest absolute Gasteiger partial charge is 0.197 e. The highest BCUT2D eigenvalue weighted by molar-refractivity contribution is 5.92. The predicted octanol–water partition coefficient (Wildman–Crippen LogP) is 3.88. The van der Waals surface area contributed by atoms with E-state index in [1.165, 1.54) is 5.56 Å². The van der Waals surface area contributed by atoms with Gasteiger partial charge in [-0.3, -0.25) is 4.79 Å². The van der Waals surface area contributed by atoms with E-state index in [0.717, 1.165) is 28.2 Å². The first-order valence-corrected chi connectivity index (χ1v) is 6.69. The lowest BCUT2D eigenvalue weighted by atomic mass is 10.0. The van der Waals surface area contributed by atoms with E-state index in [9.17, 15) is 4.79 Å². The van der Waals surface area contributed by atoms with Gasteiger partial charge in [0, 0.05) is 21.8 Å². The monoisotopic (exact) mass is 251 g/mol. The topological polar surface area (TPSA) is 32.9 Å². The van der Waals surface area contributed by atoms with Crippen LogP contribution in [-0.4, -0.2) is 4.98 Å². The second-order valence-electron chi connectivity index (χ2n) is 5.48. The molecule has 2 heteroatoms. The minimum Gasteiger partial charge on any atom is -0.354 e. The second-order valence-corrected chi connectivity index (χ2v) is 5.48. The molecule has 0 saturated heterocycles. The molecule has 1 aromatic heterocycles. The van der Waals surface area contributed by atoms with Crippen molar-refractivity contribution in [3.8, 4) is 0 Å². The Balaban J connectivity index is 2.30. The lowest BCUT2D eigenvalue weighted by molar-refractivity contribution is 0.648. The number of hydrogen-bond donors (Lipinski definition) is 1. The number of nitrogens with one attached hydrogen (secondary N) is 1. The number of H-pyrrole nitrogens is 1. The minimum absolute atomic E-state index is 0.120. The van der Waals surface area contributed by atoms with E-state index in [1.807, 2.05) is 36.4 Å². The van der Waals surface area contributed by atoms with Gasteiger partial charge in [0.15, 0.2) is 5.43 Å². The van der Waals surface area contributed by atoms with E-state index >= 15 is 0 Å². The molecule has 0 aliphatic rings. The molecule has 3 aromatic rings. The van der Waals surface area contributed by atoms with Gasteiger partial charge in [0.05, 0.1) is 0 Å².